The Labute approximate surface area is 125 Å². The summed E-state index contributed by atoms with van der Waals surface area (Å²) in [5.41, 5.74) is 3.84. The van der Waals surface area contributed by atoms with Crippen LogP contribution in [-0.4, -0.2) is 0 Å². The molecule has 2 rings (SSSR count). The fourth-order valence-electron chi connectivity index (χ4n) is 1.95. The molecular formula is C18H16ClN. The van der Waals surface area contributed by atoms with Gasteiger partial charge in [0.25, 0.3) is 0 Å². The van der Waals surface area contributed by atoms with Gasteiger partial charge in [-0.05, 0) is 40.8 Å². The van der Waals surface area contributed by atoms with Crippen LogP contribution in [0.4, 0.5) is 0 Å². The number of rotatable bonds is 3. The zero-order valence-corrected chi connectivity index (χ0v) is 12.4. The second-order valence-corrected chi connectivity index (χ2v) is 5.43. The highest BCUT2D eigenvalue weighted by atomic mass is 35.5. The van der Waals surface area contributed by atoms with E-state index in [0.717, 1.165) is 11.1 Å². The molecule has 0 heterocycles. The lowest BCUT2D eigenvalue weighted by Gasteiger charge is -2.05. The van der Waals surface area contributed by atoms with Crippen LogP contribution < -0.4 is 0 Å². The summed E-state index contributed by atoms with van der Waals surface area (Å²) in [4.78, 5) is 0. The van der Waals surface area contributed by atoms with Crippen molar-refractivity contribution in [3.05, 3.63) is 70.2 Å². The fraction of sp³-hybridized carbons (Fsp3) is 0.167. The number of benzene rings is 2. The van der Waals surface area contributed by atoms with Gasteiger partial charge in [0.15, 0.2) is 0 Å². The molecule has 100 valence electrons. The van der Waals surface area contributed by atoms with Gasteiger partial charge in [-0.1, -0.05) is 61.8 Å². The highest BCUT2D eigenvalue weighted by Crippen LogP contribution is 2.21. The van der Waals surface area contributed by atoms with Crippen LogP contribution in [0.3, 0.4) is 0 Å². The largest absolute Gasteiger partial charge is 0.192 e. The van der Waals surface area contributed by atoms with Gasteiger partial charge in [-0.15, -0.1) is 0 Å². The maximum absolute atomic E-state index is 9.30. The Morgan fingerprint density at radius 2 is 1.65 bits per heavy atom. The van der Waals surface area contributed by atoms with Crippen LogP contribution in [-0.2, 0) is 0 Å². The molecule has 2 aromatic rings. The monoisotopic (exact) mass is 281 g/mol. The lowest BCUT2D eigenvalue weighted by molar-refractivity contribution is 0.866. The molecule has 0 aliphatic heterocycles. The fourth-order valence-corrected chi connectivity index (χ4v) is 2.08. The van der Waals surface area contributed by atoms with Crippen molar-refractivity contribution in [3.63, 3.8) is 0 Å². The Kier molecular flexibility index (Phi) is 4.61. The van der Waals surface area contributed by atoms with Crippen molar-refractivity contribution in [1.82, 2.24) is 0 Å². The molecule has 0 aliphatic carbocycles. The van der Waals surface area contributed by atoms with Gasteiger partial charge in [0.05, 0.1) is 11.6 Å². The highest BCUT2D eigenvalue weighted by molar-refractivity contribution is 6.30. The molecule has 0 atom stereocenters. The van der Waals surface area contributed by atoms with E-state index in [1.807, 2.05) is 30.3 Å². The Hall–Kier alpha value is -2.04. The Morgan fingerprint density at radius 3 is 2.15 bits per heavy atom. The Bertz CT molecular complexity index is 643. The average Bonchev–Trinajstić information content (AvgIpc) is 2.46. The summed E-state index contributed by atoms with van der Waals surface area (Å²) in [6.45, 7) is 4.33. The summed E-state index contributed by atoms with van der Waals surface area (Å²) in [6.07, 6.45) is 1.90. The first-order valence-corrected chi connectivity index (χ1v) is 6.95. The highest BCUT2D eigenvalue weighted by Gasteiger charge is 2.02. The summed E-state index contributed by atoms with van der Waals surface area (Å²) in [5, 5.41) is 9.98. The van der Waals surface area contributed by atoms with Crippen LogP contribution >= 0.6 is 11.6 Å². The third-order valence-corrected chi connectivity index (χ3v) is 3.44. The van der Waals surface area contributed by atoms with Crippen LogP contribution in [0, 0.1) is 11.3 Å². The molecule has 20 heavy (non-hydrogen) atoms. The van der Waals surface area contributed by atoms with Crippen LogP contribution in [0.5, 0.6) is 0 Å². The molecule has 0 saturated carbocycles. The molecule has 0 bridgehead atoms. The van der Waals surface area contributed by atoms with Crippen LogP contribution in [0.15, 0.2) is 48.5 Å². The van der Waals surface area contributed by atoms with Crippen LogP contribution in [0.2, 0.25) is 5.02 Å². The SMILES string of the molecule is CC(C)c1ccc(C=C(C#N)c2ccc(Cl)cc2)cc1. The Balaban J connectivity index is 2.31. The van der Waals surface area contributed by atoms with E-state index < -0.39 is 0 Å². The molecule has 0 aliphatic rings. The molecular weight excluding hydrogens is 266 g/mol. The quantitative estimate of drug-likeness (QED) is 0.536. The van der Waals surface area contributed by atoms with E-state index in [4.69, 9.17) is 11.6 Å². The van der Waals surface area contributed by atoms with Crippen molar-refractivity contribution in [3.8, 4) is 6.07 Å². The van der Waals surface area contributed by atoms with E-state index in [1.165, 1.54) is 5.56 Å². The topological polar surface area (TPSA) is 23.8 Å². The van der Waals surface area contributed by atoms with E-state index >= 15 is 0 Å². The predicted octanol–water partition coefficient (Wildman–Crippen LogP) is 5.53. The van der Waals surface area contributed by atoms with Gasteiger partial charge >= 0.3 is 0 Å². The van der Waals surface area contributed by atoms with Gasteiger partial charge < -0.3 is 0 Å². The molecule has 0 amide bonds. The summed E-state index contributed by atoms with van der Waals surface area (Å²) in [5.74, 6) is 0.514. The molecule has 2 heteroatoms. The van der Waals surface area contributed by atoms with E-state index in [1.54, 1.807) is 12.1 Å². The standard InChI is InChI=1S/C18H16ClN/c1-13(2)15-5-3-14(4-6-15)11-17(12-20)16-7-9-18(19)10-8-16/h3-11,13H,1-2H3. The minimum atomic E-state index is 0.514. The second kappa shape index (κ2) is 6.41. The Morgan fingerprint density at radius 1 is 1.05 bits per heavy atom. The minimum Gasteiger partial charge on any atom is -0.192 e. The molecule has 0 aromatic heterocycles. The van der Waals surface area contributed by atoms with Gasteiger partial charge in [0.2, 0.25) is 0 Å². The molecule has 2 aromatic carbocycles. The number of halogens is 1. The van der Waals surface area contributed by atoms with Crippen molar-refractivity contribution in [1.29, 1.82) is 5.26 Å². The van der Waals surface area contributed by atoms with Crippen molar-refractivity contribution < 1.29 is 0 Å². The molecule has 0 N–H and O–H groups in total. The lowest BCUT2D eigenvalue weighted by atomic mass is 9.99. The van der Waals surface area contributed by atoms with Gasteiger partial charge in [-0.2, -0.15) is 5.26 Å². The first-order chi connectivity index (χ1) is 9.60. The number of nitriles is 1. The van der Waals surface area contributed by atoms with Gasteiger partial charge in [-0.3, -0.25) is 0 Å². The van der Waals surface area contributed by atoms with Crippen molar-refractivity contribution in [2.45, 2.75) is 19.8 Å². The van der Waals surface area contributed by atoms with Crippen LogP contribution in [0.25, 0.3) is 11.6 Å². The van der Waals surface area contributed by atoms with E-state index in [-0.39, 0.29) is 0 Å². The first kappa shape index (κ1) is 14.4. The van der Waals surface area contributed by atoms with Gasteiger partial charge in [0, 0.05) is 5.02 Å². The maximum atomic E-state index is 9.30. The van der Waals surface area contributed by atoms with E-state index in [9.17, 15) is 5.26 Å². The summed E-state index contributed by atoms with van der Waals surface area (Å²) < 4.78 is 0. The number of nitrogens with zero attached hydrogens (tertiary/aromatic N) is 1. The maximum Gasteiger partial charge on any atom is 0.0998 e. The van der Waals surface area contributed by atoms with E-state index in [2.05, 4.69) is 32.0 Å². The molecule has 1 nitrogen and oxygen atoms in total. The molecule has 0 unspecified atom stereocenters. The molecule has 0 spiro atoms. The zero-order chi connectivity index (χ0) is 14.5. The minimum absolute atomic E-state index is 0.514. The average molecular weight is 282 g/mol. The van der Waals surface area contributed by atoms with Gasteiger partial charge in [-0.25, -0.2) is 0 Å². The van der Waals surface area contributed by atoms with E-state index in [0.29, 0.717) is 16.5 Å². The normalized spacial score (nSPS) is 11.4. The number of hydrogen-bond donors (Lipinski definition) is 0. The van der Waals surface area contributed by atoms with Crippen LogP contribution in [0.1, 0.15) is 36.5 Å². The van der Waals surface area contributed by atoms with Crippen molar-refractivity contribution in [2.75, 3.05) is 0 Å². The summed E-state index contributed by atoms with van der Waals surface area (Å²) in [6, 6.07) is 17.9. The lowest BCUT2D eigenvalue weighted by Crippen LogP contribution is -1.87. The summed E-state index contributed by atoms with van der Waals surface area (Å²) in [7, 11) is 0. The zero-order valence-electron chi connectivity index (χ0n) is 11.6. The smallest absolute Gasteiger partial charge is 0.0998 e. The third kappa shape index (κ3) is 3.50. The number of hydrogen-bond acceptors (Lipinski definition) is 1. The first-order valence-electron chi connectivity index (χ1n) is 6.58. The molecule has 0 fully saturated rings. The third-order valence-electron chi connectivity index (χ3n) is 3.19. The predicted molar refractivity (Wildman–Crippen MR) is 85.5 cm³/mol. The van der Waals surface area contributed by atoms with Gasteiger partial charge in [0.1, 0.15) is 0 Å². The molecule has 0 saturated heterocycles. The number of allylic oxidation sites excluding steroid dienone is 1. The second-order valence-electron chi connectivity index (χ2n) is 5.00. The van der Waals surface area contributed by atoms with Crippen molar-refractivity contribution >= 4 is 23.3 Å². The summed E-state index contributed by atoms with van der Waals surface area (Å²) >= 11 is 5.86. The molecule has 0 radical (unpaired) electrons. The van der Waals surface area contributed by atoms with Crippen molar-refractivity contribution in [2.24, 2.45) is 0 Å².